The van der Waals surface area contributed by atoms with Crippen LogP contribution >= 0.6 is 0 Å². The monoisotopic (exact) mass is 339 g/mol. The molecular weight excluding hydrogens is 318 g/mol. The van der Waals surface area contributed by atoms with Gasteiger partial charge < -0.3 is 10.2 Å². The summed E-state index contributed by atoms with van der Waals surface area (Å²) in [5.41, 5.74) is 1.92. The lowest BCUT2D eigenvalue weighted by Crippen LogP contribution is -2.45. The highest BCUT2D eigenvalue weighted by Gasteiger charge is 2.25. The van der Waals surface area contributed by atoms with E-state index in [1.54, 1.807) is 0 Å². The van der Waals surface area contributed by atoms with Gasteiger partial charge >= 0.3 is 6.03 Å². The van der Waals surface area contributed by atoms with Gasteiger partial charge in [-0.25, -0.2) is 4.79 Å². The molecule has 4 rings (SSSR count). The van der Waals surface area contributed by atoms with Crippen molar-refractivity contribution in [3.05, 3.63) is 48.2 Å². The summed E-state index contributed by atoms with van der Waals surface area (Å²) in [6.45, 7) is 3.82. The third-order valence-corrected chi connectivity index (χ3v) is 4.57. The van der Waals surface area contributed by atoms with E-state index in [9.17, 15) is 4.79 Å². The molecule has 0 aliphatic carbocycles. The fourth-order valence-electron chi connectivity index (χ4n) is 3.27. The Morgan fingerprint density at radius 1 is 1.36 bits per heavy atom. The van der Waals surface area contributed by atoms with Crippen molar-refractivity contribution < 1.29 is 4.79 Å². The second kappa shape index (κ2) is 6.54. The molecule has 130 valence electrons. The van der Waals surface area contributed by atoms with Crippen LogP contribution in [-0.2, 0) is 6.54 Å². The Balaban J connectivity index is 1.39. The number of aryl methyl sites for hydroxylation is 1. The number of urea groups is 1. The SMILES string of the molecule is Cc1cnn(C2CCCN(C(=O)NCc3nnc4ccccn34)C2)c1. The minimum Gasteiger partial charge on any atom is -0.331 e. The molecular formula is C17H21N7O. The van der Waals surface area contributed by atoms with Gasteiger partial charge in [0.25, 0.3) is 0 Å². The second-order valence-corrected chi connectivity index (χ2v) is 6.44. The van der Waals surface area contributed by atoms with E-state index in [-0.39, 0.29) is 12.1 Å². The van der Waals surface area contributed by atoms with Crippen molar-refractivity contribution in [3.8, 4) is 0 Å². The van der Waals surface area contributed by atoms with Crippen LogP contribution in [0.3, 0.4) is 0 Å². The van der Waals surface area contributed by atoms with Gasteiger partial charge in [-0.2, -0.15) is 5.10 Å². The molecule has 4 heterocycles. The van der Waals surface area contributed by atoms with E-state index in [1.807, 2.05) is 57.7 Å². The molecule has 3 aromatic rings. The van der Waals surface area contributed by atoms with Gasteiger partial charge in [0.2, 0.25) is 0 Å². The molecule has 1 unspecified atom stereocenters. The number of pyridine rings is 1. The minimum absolute atomic E-state index is 0.0683. The van der Waals surface area contributed by atoms with Crippen LogP contribution in [-0.4, -0.2) is 48.4 Å². The number of fused-ring (bicyclic) bond motifs is 1. The minimum atomic E-state index is -0.0683. The molecule has 1 aliphatic heterocycles. The summed E-state index contributed by atoms with van der Waals surface area (Å²) < 4.78 is 3.85. The Morgan fingerprint density at radius 3 is 3.12 bits per heavy atom. The number of aromatic nitrogens is 5. The van der Waals surface area contributed by atoms with E-state index >= 15 is 0 Å². The molecule has 1 N–H and O–H groups in total. The molecule has 3 aromatic heterocycles. The number of likely N-dealkylation sites (tertiary alicyclic amines) is 1. The molecule has 0 spiro atoms. The zero-order chi connectivity index (χ0) is 17.2. The van der Waals surface area contributed by atoms with Crippen molar-refractivity contribution in [2.75, 3.05) is 13.1 Å². The third kappa shape index (κ3) is 3.19. The van der Waals surface area contributed by atoms with Crippen LogP contribution in [0.1, 0.15) is 30.3 Å². The average molecular weight is 339 g/mol. The molecule has 8 heteroatoms. The quantitative estimate of drug-likeness (QED) is 0.789. The number of piperidine rings is 1. The number of nitrogens with zero attached hydrogens (tertiary/aromatic N) is 6. The molecule has 0 radical (unpaired) electrons. The third-order valence-electron chi connectivity index (χ3n) is 4.57. The first-order valence-electron chi connectivity index (χ1n) is 8.53. The fraction of sp³-hybridized carbons (Fsp3) is 0.412. The summed E-state index contributed by atoms with van der Waals surface area (Å²) in [6.07, 6.45) is 7.81. The van der Waals surface area contributed by atoms with Crippen molar-refractivity contribution in [1.29, 1.82) is 0 Å². The van der Waals surface area contributed by atoms with Gasteiger partial charge in [-0.05, 0) is 37.5 Å². The van der Waals surface area contributed by atoms with E-state index < -0.39 is 0 Å². The van der Waals surface area contributed by atoms with Crippen LogP contribution in [0.2, 0.25) is 0 Å². The lowest BCUT2D eigenvalue weighted by atomic mass is 10.1. The van der Waals surface area contributed by atoms with E-state index in [1.165, 1.54) is 0 Å². The van der Waals surface area contributed by atoms with Crippen molar-refractivity contribution >= 4 is 11.7 Å². The highest BCUT2D eigenvalue weighted by molar-refractivity contribution is 5.74. The predicted molar refractivity (Wildman–Crippen MR) is 92.0 cm³/mol. The van der Waals surface area contributed by atoms with Crippen molar-refractivity contribution in [1.82, 2.24) is 34.6 Å². The number of hydrogen-bond acceptors (Lipinski definition) is 4. The molecule has 2 amide bonds. The van der Waals surface area contributed by atoms with Crippen LogP contribution in [0.25, 0.3) is 5.65 Å². The Kier molecular flexibility index (Phi) is 4.09. The van der Waals surface area contributed by atoms with Crippen molar-refractivity contribution in [3.63, 3.8) is 0 Å². The van der Waals surface area contributed by atoms with Gasteiger partial charge in [0.1, 0.15) is 0 Å². The Morgan fingerprint density at radius 2 is 2.28 bits per heavy atom. The van der Waals surface area contributed by atoms with Crippen LogP contribution < -0.4 is 5.32 Å². The standard InChI is InChI=1S/C17H21N7O/c1-13-9-19-24(11-13)14-5-4-7-22(12-14)17(25)18-10-16-21-20-15-6-2-3-8-23(15)16/h2-3,6,8-9,11,14H,4-5,7,10,12H2,1H3,(H,18,25). The molecule has 1 aliphatic rings. The maximum Gasteiger partial charge on any atom is 0.317 e. The smallest absolute Gasteiger partial charge is 0.317 e. The first kappa shape index (κ1) is 15.6. The van der Waals surface area contributed by atoms with Crippen LogP contribution in [0, 0.1) is 6.92 Å². The van der Waals surface area contributed by atoms with E-state index in [2.05, 4.69) is 20.6 Å². The number of carbonyl (C=O) groups is 1. The molecule has 25 heavy (non-hydrogen) atoms. The van der Waals surface area contributed by atoms with Gasteiger partial charge in [0.05, 0.1) is 18.8 Å². The lowest BCUT2D eigenvalue weighted by Gasteiger charge is -2.32. The zero-order valence-corrected chi connectivity index (χ0v) is 14.2. The van der Waals surface area contributed by atoms with Crippen molar-refractivity contribution in [2.24, 2.45) is 0 Å². The summed E-state index contributed by atoms with van der Waals surface area (Å²) in [6, 6.07) is 5.89. The maximum absolute atomic E-state index is 12.5. The summed E-state index contributed by atoms with van der Waals surface area (Å²) in [5, 5.41) is 15.6. The zero-order valence-electron chi connectivity index (χ0n) is 14.2. The average Bonchev–Trinajstić information content (AvgIpc) is 3.26. The van der Waals surface area contributed by atoms with E-state index in [4.69, 9.17) is 0 Å². The molecule has 8 nitrogen and oxygen atoms in total. The van der Waals surface area contributed by atoms with Gasteiger partial charge in [0.15, 0.2) is 11.5 Å². The first-order chi connectivity index (χ1) is 12.2. The van der Waals surface area contributed by atoms with Gasteiger partial charge in [0, 0.05) is 25.5 Å². The Labute approximate surface area is 145 Å². The van der Waals surface area contributed by atoms with Crippen LogP contribution in [0.4, 0.5) is 4.79 Å². The number of amides is 2. The molecule has 1 fully saturated rings. The largest absolute Gasteiger partial charge is 0.331 e. The molecule has 1 atom stereocenters. The topological polar surface area (TPSA) is 80.3 Å². The summed E-state index contributed by atoms with van der Waals surface area (Å²) in [5.74, 6) is 0.722. The fourth-order valence-corrected chi connectivity index (χ4v) is 3.27. The Hall–Kier alpha value is -2.90. The molecule has 0 aromatic carbocycles. The van der Waals surface area contributed by atoms with Crippen molar-refractivity contribution in [2.45, 2.75) is 32.4 Å². The normalized spacial score (nSPS) is 17.8. The van der Waals surface area contributed by atoms with Crippen LogP contribution in [0.5, 0.6) is 0 Å². The Bertz CT molecular complexity index is 884. The number of hydrogen-bond donors (Lipinski definition) is 1. The predicted octanol–water partition coefficient (Wildman–Crippen LogP) is 1.78. The summed E-state index contributed by atoms with van der Waals surface area (Å²) in [7, 11) is 0. The van der Waals surface area contributed by atoms with Gasteiger partial charge in [-0.3, -0.25) is 9.08 Å². The highest BCUT2D eigenvalue weighted by atomic mass is 16.2. The number of rotatable bonds is 3. The number of nitrogens with one attached hydrogen (secondary N) is 1. The molecule has 0 saturated carbocycles. The van der Waals surface area contributed by atoms with Gasteiger partial charge in [-0.15, -0.1) is 10.2 Å². The first-order valence-corrected chi connectivity index (χ1v) is 8.53. The second-order valence-electron chi connectivity index (χ2n) is 6.44. The number of carbonyl (C=O) groups excluding carboxylic acids is 1. The summed E-state index contributed by atoms with van der Waals surface area (Å²) >= 11 is 0. The molecule has 0 bridgehead atoms. The van der Waals surface area contributed by atoms with E-state index in [0.717, 1.165) is 36.4 Å². The van der Waals surface area contributed by atoms with Crippen LogP contribution in [0.15, 0.2) is 36.8 Å². The maximum atomic E-state index is 12.5. The summed E-state index contributed by atoms with van der Waals surface area (Å²) in [4.78, 5) is 14.4. The van der Waals surface area contributed by atoms with E-state index in [0.29, 0.717) is 13.1 Å². The lowest BCUT2D eigenvalue weighted by molar-refractivity contribution is 0.162. The molecule has 1 saturated heterocycles. The highest BCUT2D eigenvalue weighted by Crippen LogP contribution is 2.21. The van der Waals surface area contributed by atoms with Gasteiger partial charge in [-0.1, -0.05) is 6.07 Å².